The highest BCUT2D eigenvalue weighted by Gasteiger charge is 2.26. The Bertz CT molecular complexity index is 495. The third-order valence-corrected chi connectivity index (χ3v) is 4.15. The van der Waals surface area contributed by atoms with Gasteiger partial charge in [0.05, 0.1) is 19.1 Å². The summed E-state index contributed by atoms with van der Waals surface area (Å²) in [5.41, 5.74) is 0.649. The maximum atomic E-state index is 11.3. The van der Waals surface area contributed by atoms with Crippen LogP contribution in [0.1, 0.15) is 44.1 Å². The molecule has 1 unspecified atom stereocenters. The number of carboxylic acids is 1. The van der Waals surface area contributed by atoms with Gasteiger partial charge in [-0.25, -0.2) is 0 Å². The predicted octanol–water partition coefficient (Wildman–Crippen LogP) is 3.97. The van der Waals surface area contributed by atoms with E-state index in [0.717, 1.165) is 30.2 Å². The molecule has 5 heteroatoms. The van der Waals surface area contributed by atoms with E-state index in [0.29, 0.717) is 17.1 Å². The highest BCUT2D eigenvalue weighted by atomic mass is 79.9. The summed E-state index contributed by atoms with van der Waals surface area (Å²) < 4.78 is 12.2. The van der Waals surface area contributed by atoms with Gasteiger partial charge in [0.1, 0.15) is 0 Å². The van der Waals surface area contributed by atoms with E-state index in [-0.39, 0.29) is 6.10 Å². The summed E-state index contributed by atoms with van der Waals surface area (Å²) in [5.74, 6) is -0.369. The molecular weight excluding hydrogens is 324 g/mol. The molecule has 1 aliphatic rings. The van der Waals surface area contributed by atoms with Gasteiger partial charge in [0.2, 0.25) is 0 Å². The lowest BCUT2D eigenvalue weighted by molar-refractivity contribution is -0.138. The molecule has 4 nitrogen and oxygen atoms in total. The molecule has 0 spiro atoms. The van der Waals surface area contributed by atoms with E-state index < -0.39 is 11.9 Å². The van der Waals surface area contributed by atoms with Crippen LogP contribution in [0.15, 0.2) is 16.6 Å². The summed E-state index contributed by atoms with van der Waals surface area (Å²) >= 11 is 3.39. The van der Waals surface area contributed by atoms with Crippen LogP contribution >= 0.6 is 15.9 Å². The van der Waals surface area contributed by atoms with Crippen LogP contribution in [-0.2, 0) is 4.79 Å². The number of carbonyl (C=O) groups is 1. The molecule has 2 rings (SSSR count). The van der Waals surface area contributed by atoms with Crippen molar-refractivity contribution in [1.82, 2.24) is 0 Å². The molecule has 1 aliphatic carbocycles. The number of halogens is 1. The van der Waals surface area contributed by atoms with Crippen molar-refractivity contribution in [3.05, 3.63) is 22.2 Å². The van der Waals surface area contributed by atoms with Crippen LogP contribution < -0.4 is 9.47 Å². The van der Waals surface area contributed by atoms with Crippen LogP contribution in [0.4, 0.5) is 0 Å². The number of carboxylic acid groups (broad SMARTS) is 1. The maximum Gasteiger partial charge on any atom is 0.310 e. The van der Waals surface area contributed by atoms with Gasteiger partial charge in [-0.3, -0.25) is 4.79 Å². The van der Waals surface area contributed by atoms with Gasteiger partial charge in [0.25, 0.3) is 0 Å². The Labute approximate surface area is 127 Å². The van der Waals surface area contributed by atoms with Crippen molar-refractivity contribution in [2.75, 3.05) is 7.11 Å². The number of aliphatic carboxylic acids is 1. The molecule has 0 aromatic heterocycles. The minimum Gasteiger partial charge on any atom is -0.493 e. The lowest BCUT2D eigenvalue weighted by Gasteiger charge is -2.21. The first kappa shape index (κ1) is 15.2. The lowest BCUT2D eigenvalue weighted by atomic mass is 9.99. The smallest absolute Gasteiger partial charge is 0.310 e. The molecule has 0 aliphatic heterocycles. The Morgan fingerprint density at radius 1 is 1.40 bits per heavy atom. The van der Waals surface area contributed by atoms with Gasteiger partial charge in [0, 0.05) is 10.0 Å². The minimum atomic E-state index is -0.874. The van der Waals surface area contributed by atoms with Crippen molar-refractivity contribution in [3.63, 3.8) is 0 Å². The molecule has 0 saturated heterocycles. The third kappa shape index (κ3) is 3.26. The van der Waals surface area contributed by atoms with E-state index in [2.05, 4.69) is 15.9 Å². The molecule has 0 radical (unpaired) electrons. The molecule has 1 saturated carbocycles. The highest BCUT2D eigenvalue weighted by Crippen LogP contribution is 2.40. The molecule has 1 atom stereocenters. The Balaban J connectivity index is 2.40. The largest absolute Gasteiger partial charge is 0.493 e. The third-order valence-electron chi connectivity index (χ3n) is 3.69. The first-order chi connectivity index (χ1) is 9.52. The van der Waals surface area contributed by atoms with E-state index in [9.17, 15) is 9.90 Å². The van der Waals surface area contributed by atoms with Crippen LogP contribution in [-0.4, -0.2) is 24.3 Å². The topological polar surface area (TPSA) is 55.8 Å². The summed E-state index contributed by atoms with van der Waals surface area (Å²) in [6.07, 6.45) is 4.51. The molecule has 1 N–H and O–H groups in total. The van der Waals surface area contributed by atoms with Crippen molar-refractivity contribution < 1.29 is 19.4 Å². The number of hydrogen-bond donors (Lipinski definition) is 1. The van der Waals surface area contributed by atoms with Gasteiger partial charge in [0.15, 0.2) is 11.5 Å². The highest BCUT2D eigenvalue weighted by molar-refractivity contribution is 9.10. The predicted molar refractivity (Wildman–Crippen MR) is 79.6 cm³/mol. The molecular formula is C15H19BrO4. The molecule has 0 amide bonds. The van der Waals surface area contributed by atoms with Crippen molar-refractivity contribution in [3.8, 4) is 11.5 Å². The fourth-order valence-electron chi connectivity index (χ4n) is 2.49. The molecule has 1 fully saturated rings. The monoisotopic (exact) mass is 342 g/mol. The summed E-state index contributed by atoms with van der Waals surface area (Å²) in [4.78, 5) is 11.3. The van der Waals surface area contributed by atoms with Crippen molar-refractivity contribution >= 4 is 21.9 Å². The van der Waals surface area contributed by atoms with E-state index in [1.807, 2.05) is 6.07 Å². The fourth-order valence-corrected chi connectivity index (χ4v) is 2.95. The summed E-state index contributed by atoms with van der Waals surface area (Å²) in [6, 6.07) is 3.61. The van der Waals surface area contributed by atoms with Gasteiger partial charge in [-0.05, 0) is 44.7 Å². The van der Waals surface area contributed by atoms with E-state index in [4.69, 9.17) is 9.47 Å². The molecule has 1 aromatic carbocycles. The summed E-state index contributed by atoms with van der Waals surface area (Å²) in [5, 5.41) is 9.26. The normalized spacial score (nSPS) is 16.9. The summed E-state index contributed by atoms with van der Waals surface area (Å²) in [6.45, 7) is 1.66. The standard InChI is InChI=1S/C15H19BrO4/c1-9(15(17)18)12-7-10(16)8-13(19-2)14(12)20-11-5-3-4-6-11/h7-9,11H,3-6H2,1-2H3,(H,17,18). The van der Waals surface area contributed by atoms with Crippen molar-refractivity contribution in [2.24, 2.45) is 0 Å². The zero-order chi connectivity index (χ0) is 14.7. The second-order valence-electron chi connectivity index (χ2n) is 5.11. The quantitative estimate of drug-likeness (QED) is 0.879. The van der Waals surface area contributed by atoms with E-state index in [1.165, 1.54) is 0 Å². The Morgan fingerprint density at radius 2 is 2.05 bits per heavy atom. The zero-order valence-electron chi connectivity index (χ0n) is 11.7. The van der Waals surface area contributed by atoms with Crippen LogP contribution in [0.2, 0.25) is 0 Å². The van der Waals surface area contributed by atoms with E-state index >= 15 is 0 Å². The second kappa shape index (κ2) is 6.48. The van der Waals surface area contributed by atoms with Crippen LogP contribution in [0.25, 0.3) is 0 Å². The molecule has 110 valence electrons. The number of ether oxygens (including phenoxy) is 2. The van der Waals surface area contributed by atoms with Gasteiger partial charge in [-0.1, -0.05) is 15.9 Å². The SMILES string of the molecule is COc1cc(Br)cc(C(C)C(=O)O)c1OC1CCCC1. The van der Waals surface area contributed by atoms with Gasteiger partial charge in [-0.15, -0.1) is 0 Å². The lowest BCUT2D eigenvalue weighted by Crippen LogP contribution is -2.16. The van der Waals surface area contributed by atoms with Crippen LogP contribution in [0.3, 0.4) is 0 Å². The molecule has 1 aromatic rings. The number of benzene rings is 1. The van der Waals surface area contributed by atoms with Crippen molar-refractivity contribution in [1.29, 1.82) is 0 Å². The Morgan fingerprint density at radius 3 is 2.60 bits per heavy atom. The Hall–Kier alpha value is -1.23. The molecule has 20 heavy (non-hydrogen) atoms. The summed E-state index contributed by atoms with van der Waals surface area (Å²) in [7, 11) is 1.57. The average Bonchev–Trinajstić information content (AvgIpc) is 2.92. The average molecular weight is 343 g/mol. The zero-order valence-corrected chi connectivity index (χ0v) is 13.3. The van der Waals surface area contributed by atoms with Crippen molar-refractivity contribution in [2.45, 2.75) is 44.6 Å². The number of hydrogen-bond acceptors (Lipinski definition) is 3. The maximum absolute atomic E-state index is 11.3. The first-order valence-corrected chi connectivity index (χ1v) is 7.59. The number of rotatable bonds is 5. The minimum absolute atomic E-state index is 0.157. The molecule has 0 heterocycles. The Kier molecular flexibility index (Phi) is 4.91. The fraction of sp³-hybridized carbons (Fsp3) is 0.533. The van der Waals surface area contributed by atoms with Crippen LogP contribution in [0.5, 0.6) is 11.5 Å². The van der Waals surface area contributed by atoms with Gasteiger partial charge >= 0.3 is 5.97 Å². The van der Waals surface area contributed by atoms with Gasteiger partial charge in [-0.2, -0.15) is 0 Å². The molecule has 0 bridgehead atoms. The van der Waals surface area contributed by atoms with Crippen LogP contribution in [0, 0.1) is 0 Å². The number of methoxy groups -OCH3 is 1. The first-order valence-electron chi connectivity index (χ1n) is 6.79. The van der Waals surface area contributed by atoms with E-state index in [1.54, 1.807) is 20.1 Å². The van der Waals surface area contributed by atoms with Gasteiger partial charge < -0.3 is 14.6 Å². The second-order valence-corrected chi connectivity index (χ2v) is 6.03.